The van der Waals surface area contributed by atoms with Gasteiger partial charge in [0.05, 0.1) is 6.04 Å². The van der Waals surface area contributed by atoms with Crippen LogP contribution in [0, 0.1) is 0 Å². The van der Waals surface area contributed by atoms with Gasteiger partial charge >= 0.3 is 0 Å². The Morgan fingerprint density at radius 3 is 2.15 bits per heavy atom. The van der Waals surface area contributed by atoms with Crippen molar-refractivity contribution in [1.29, 1.82) is 0 Å². The van der Waals surface area contributed by atoms with E-state index in [0.29, 0.717) is 0 Å². The first-order valence-electron chi connectivity index (χ1n) is 4.38. The largest absolute Gasteiger partial charge is 0.336 e. The smallest absolute Gasteiger partial charge is 0.224 e. The molecular weight excluding hydrogens is 168 g/mol. The summed E-state index contributed by atoms with van der Waals surface area (Å²) in [5.41, 5.74) is 5.47. The normalized spacial score (nSPS) is 14.8. The molecule has 4 nitrogen and oxygen atoms in total. The van der Waals surface area contributed by atoms with Crippen molar-refractivity contribution >= 4 is 11.7 Å². The van der Waals surface area contributed by atoms with E-state index < -0.39 is 0 Å². The molecule has 0 spiro atoms. The number of hydrogen-bond donors (Lipinski definition) is 1. The number of amides is 1. The molecule has 0 bridgehead atoms. The minimum Gasteiger partial charge on any atom is -0.336 e. The van der Waals surface area contributed by atoms with Crippen molar-refractivity contribution in [3.05, 3.63) is 0 Å². The lowest BCUT2D eigenvalue weighted by Gasteiger charge is -2.23. The van der Waals surface area contributed by atoms with Gasteiger partial charge in [-0.2, -0.15) is 0 Å². The summed E-state index contributed by atoms with van der Waals surface area (Å²) in [7, 11) is 1.62. The van der Waals surface area contributed by atoms with E-state index >= 15 is 0 Å². The molecule has 0 aromatic rings. The number of hydrogen-bond acceptors (Lipinski definition) is 3. The molecule has 2 atom stereocenters. The Balaban J connectivity index is 4.17. The molecule has 0 aromatic carbocycles. The molecule has 0 aliphatic heterocycles. The quantitative estimate of drug-likeness (QED) is 0.680. The molecule has 1 unspecified atom stereocenters. The number of carbonyl (C=O) groups is 2. The van der Waals surface area contributed by atoms with Gasteiger partial charge in [-0.25, -0.2) is 0 Å². The molecule has 0 rings (SSSR count). The summed E-state index contributed by atoms with van der Waals surface area (Å²) in [4.78, 5) is 23.8. The average molecular weight is 186 g/mol. The molecule has 0 aliphatic rings. The molecule has 0 aromatic heterocycles. The summed E-state index contributed by atoms with van der Waals surface area (Å²) >= 11 is 0. The van der Waals surface area contributed by atoms with Crippen LogP contribution in [0.4, 0.5) is 0 Å². The topological polar surface area (TPSA) is 63.4 Å². The van der Waals surface area contributed by atoms with Gasteiger partial charge in [-0.05, 0) is 20.8 Å². The first-order valence-corrected chi connectivity index (χ1v) is 4.38. The van der Waals surface area contributed by atoms with Gasteiger partial charge in [-0.1, -0.05) is 0 Å². The average Bonchev–Trinajstić information content (AvgIpc) is 2.00. The predicted molar refractivity (Wildman–Crippen MR) is 51.2 cm³/mol. The number of likely N-dealkylation sites (N-methyl/N-ethyl adjacent to an activating group) is 1. The fourth-order valence-electron chi connectivity index (χ4n) is 0.908. The first kappa shape index (κ1) is 12.1. The van der Waals surface area contributed by atoms with Crippen LogP contribution in [-0.4, -0.2) is 35.7 Å². The van der Waals surface area contributed by atoms with Crippen molar-refractivity contribution in [3.8, 4) is 0 Å². The Labute approximate surface area is 79.1 Å². The van der Waals surface area contributed by atoms with Crippen LogP contribution in [0.2, 0.25) is 0 Å². The van der Waals surface area contributed by atoms with Crippen LogP contribution in [-0.2, 0) is 9.59 Å². The lowest BCUT2D eigenvalue weighted by atomic mass is 10.1. The number of nitrogens with two attached hydrogens (primary N) is 1. The summed E-state index contributed by atoms with van der Waals surface area (Å²) in [5, 5.41) is 0. The predicted octanol–water partition coefficient (Wildman–Crippen LogP) is 0.160. The van der Waals surface area contributed by atoms with Crippen molar-refractivity contribution in [2.75, 3.05) is 7.05 Å². The highest BCUT2D eigenvalue weighted by molar-refractivity contribution is 5.87. The third-order valence-electron chi connectivity index (χ3n) is 2.06. The van der Waals surface area contributed by atoms with Crippen LogP contribution < -0.4 is 5.73 Å². The van der Waals surface area contributed by atoms with E-state index in [9.17, 15) is 9.59 Å². The Bertz CT molecular complexity index is 202. The van der Waals surface area contributed by atoms with E-state index in [1.54, 1.807) is 20.9 Å². The van der Waals surface area contributed by atoms with E-state index in [2.05, 4.69) is 0 Å². The maximum Gasteiger partial charge on any atom is 0.224 e. The van der Waals surface area contributed by atoms with Gasteiger partial charge in [0.1, 0.15) is 0 Å². The molecule has 2 N–H and O–H groups in total. The highest BCUT2D eigenvalue weighted by Gasteiger charge is 2.19. The maximum absolute atomic E-state index is 11.4. The molecule has 76 valence electrons. The van der Waals surface area contributed by atoms with Crippen LogP contribution >= 0.6 is 0 Å². The van der Waals surface area contributed by atoms with Crippen LogP contribution in [0.3, 0.4) is 0 Å². The molecule has 0 radical (unpaired) electrons. The van der Waals surface area contributed by atoms with Gasteiger partial charge in [0.2, 0.25) is 5.91 Å². The second kappa shape index (κ2) is 4.97. The Morgan fingerprint density at radius 2 is 1.85 bits per heavy atom. The van der Waals surface area contributed by atoms with Gasteiger partial charge in [-0.3, -0.25) is 9.59 Å². The zero-order chi connectivity index (χ0) is 10.6. The van der Waals surface area contributed by atoms with Crippen molar-refractivity contribution in [2.24, 2.45) is 5.73 Å². The highest BCUT2D eigenvalue weighted by Crippen LogP contribution is 2.01. The molecule has 4 heteroatoms. The van der Waals surface area contributed by atoms with Crippen molar-refractivity contribution < 1.29 is 9.59 Å². The molecule has 0 fully saturated rings. The fraction of sp³-hybridized carbons (Fsp3) is 0.778. The zero-order valence-corrected chi connectivity index (χ0v) is 8.70. The van der Waals surface area contributed by atoms with E-state index in [1.807, 2.05) is 0 Å². The molecular formula is C9H18N2O2. The number of Topliss-reactive ketones (excluding diaryl/α,β-unsaturated/α-hetero) is 1. The number of carbonyl (C=O) groups excluding carboxylic acids is 2. The van der Waals surface area contributed by atoms with E-state index in [-0.39, 0.29) is 30.2 Å². The maximum atomic E-state index is 11.4. The molecule has 0 saturated heterocycles. The van der Waals surface area contributed by atoms with Crippen molar-refractivity contribution in [1.82, 2.24) is 4.90 Å². The SMILES string of the molecule is CC(=O)[C@H](C)N(C)C(=O)CC(C)N. The number of ketones is 1. The van der Waals surface area contributed by atoms with Gasteiger partial charge in [-0.15, -0.1) is 0 Å². The molecule has 0 saturated carbocycles. The van der Waals surface area contributed by atoms with Gasteiger partial charge < -0.3 is 10.6 Å². The number of nitrogens with zero attached hydrogens (tertiary/aromatic N) is 1. The number of rotatable bonds is 4. The Kier molecular flexibility index (Phi) is 4.62. The van der Waals surface area contributed by atoms with Crippen LogP contribution in [0.1, 0.15) is 27.2 Å². The summed E-state index contributed by atoms with van der Waals surface area (Å²) in [6, 6.07) is -0.514. The van der Waals surface area contributed by atoms with E-state index in [1.165, 1.54) is 11.8 Å². The molecule has 13 heavy (non-hydrogen) atoms. The van der Waals surface area contributed by atoms with Crippen molar-refractivity contribution in [2.45, 2.75) is 39.3 Å². The standard InChI is InChI=1S/C9H18N2O2/c1-6(10)5-9(13)11(4)7(2)8(3)12/h6-7H,5,10H2,1-4H3/t6?,7-/m0/s1. The Hall–Kier alpha value is -0.900. The summed E-state index contributed by atoms with van der Waals surface area (Å²) < 4.78 is 0. The second-order valence-corrected chi connectivity index (χ2v) is 3.47. The van der Waals surface area contributed by atoms with E-state index in [0.717, 1.165) is 0 Å². The highest BCUT2D eigenvalue weighted by atomic mass is 16.2. The third-order valence-corrected chi connectivity index (χ3v) is 2.06. The molecule has 1 amide bonds. The lowest BCUT2D eigenvalue weighted by molar-refractivity contribution is -0.137. The van der Waals surface area contributed by atoms with Gasteiger partial charge in [0.15, 0.2) is 5.78 Å². The van der Waals surface area contributed by atoms with Gasteiger partial charge in [0, 0.05) is 19.5 Å². The summed E-state index contributed by atoms with van der Waals surface area (Å²) in [6.45, 7) is 4.95. The zero-order valence-electron chi connectivity index (χ0n) is 8.70. The first-order chi connectivity index (χ1) is 5.86. The van der Waals surface area contributed by atoms with Crippen LogP contribution in [0.15, 0.2) is 0 Å². The summed E-state index contributed by atoms with van der Waals surface area (Å²) in [5.74, 6) is -0.0989. The third kappa shape index (κ3) is 4.03. The van der Waals surface area contributed by atoms with Gasteiger partial charge in [0.25, 0.3) is 0 Å². The molecule has 0 heterocycles. The van der Waals surface area contributed by atoms with Crippen molar-refractivity contribution in [3.63, 3.8) is 0 Å². The molecule has 0 aliphatic carbocycles. The summed E-state index contributed by atoms with van der Waals surface area (Å²) in [6.07, 6.45) is 0.286. The monoisotopic (exact) mass is 186 g/mol. The van der Waals surface area contributed by atoms with E-state index in [4.69, 9.17) is 5.73 Å². The Morgan fingerprint density at radius 1 is 1.38 bits per heavy atom. The minimum absolute atomic E-state index is 0.0134. The fourth-order valence-corrected chi connectivity index (χ4v) is 0.908. The van der Waals surface area contributed by atoms with Crippen LogP contribution in [0.25, 0.3) is 0 Å². The van der Waals surface area contributed by atoms with Crippen LogP contribution in [0.5, 0.6) is 0 Å². The minimum atomic E-state index is -0.355. The lowest BCUT2D eigenvalue weighted by Crippen LogP contribution is -2.41. The second-order valence-electron chi connectivity index (χ2n) is 3.47.